The molecule has 0 amide bonds. The van der Waals surface area contributed by atoms with Crippen LogP contribution in [0.3, 0.4) is 0 Å². The fourth-order valence-electron chi connectivity index (χ4n) is 2.26. The van der Waals surface area contributed by atoms with Crippen molar-refractivity contribution in [2.45, 2.75) is 29.6 Å². The lowest BCUT2D eigenvalue weighted by Gasteiger charge is -2.40. The van der Waals surface area contributed by atoms with E-state index < -0.39 is 0 Å². The first kappa shape index (κ1) is 14.8. The van der Waals surface area contributed by atoms with E-state index in [4.69, 9.17) is 22.3 Å². The molecule has 1 atom stereocenters. The molecule has 0 aromatic carbocycles. The molecule has 0 bridgehead atoms. The van der Waals surface area contributed by atoms with Crippen molar-refractivity contribution in [1.82, 2.24) is 0 Å². The predicted octanol–water partition coefficient (Wildman–Crippen LogP) is 2.65. The van der Waals surface area contributed by atoms with Gasteiger partial charge in [0.1, 0.15) is 13.2 Å². The molecule has 1 aliphatic rings. The molecule has 0 aliphatic heterocycles. The summed E-state index contributed by atoms with van der Waals surface area (Å²) in [7, 11) is 0. The van der Waals surface area contributed by atoms with E-state index in [0.29, 0.717) is 30.4 Å². The molecular formula is C14H19IO2. The van der Waals surface area contributed by atoms with Gasteiger partial charge in [0, 0.05) is 9.34 Å². The molecule has 1 fully saturated rings. The normalized spacial score (nSPS) is 22.6. The Hall–Kier alpha value is -0.230. The molecule has 1 unspecified atom stereocenters. The number of rotatable bonds is 6. The van der Waals surface area contributed by atoms with Crippen LogP contribution in [0.2, 0.25) is 0 Å². The maximum absolute atomic E-state index is 5.55. The molecule has 0 saturated heterocycles. The Balaban J connectivity index is 2.55. The maximum Gasteiger partial charge on any atom is 0.107 e. The van der Waals surface area contributed by atoms with Gasteiger partial charge in [-0.3, -0.25) is 0 Å². The lowest BCUT2D eigenvalue weighted by atomic mass is 9.75. The molecule has 17 heavy (non-hydrogen) atoms. The van der Waals surface area contributed by atoms with Gasteiger partial charge in [0.25, 0.3) is 0 Å². The van der Waals surface area contributed by atoms with Crippen LogP contribution < -0.4 is 0 Å². The quantitative estimate of drug-likeness (QED) is 0.319. The molecule has 0 spiro atoms. The number of hydrogen-bond acceptors (Lipinski definition) is 2. The zero-order valence-corrected chi connectivity index (χ0v) is 12.2. The number of terminal acetylenes is 2. The Labute approximate surface area is 118 Å². The molecular weight excluding hydrogens is 327 g/mol. The summed E-state index contributed by atoms with van der Waals surface area (Å²) in [5.41, 5.74) is 0.0898. The zero-order chi connectivity index (χ0) is 12.6. The SMILES string of the molecule is C#CCOCC1(COCC#C)CCCCC1I. The fourth-order valence-corrected chi connectivity index (χ4v) is 3.37. The van der Waals surface area contributed by atoms with E-state index in [9.17, 15) is 0 Å². The molecule has 0 aromatic heterocycles. The van der Waals surface area contributed by atoms with Crippen LogP contribution in [0.5, 0.6) is 0 Å². The van der Waals surface area contributed by atoms with Crippen molar-refractivity contribution in [3.8, 4) is 24.7 Å². The highest BCUT2D eigenvalue weighted by atomic mass is 127. The summed E-state index contributed by atoms with van der Waals surface area (Å²) < 4.78 is 11.7. The fraction of sp³-hybridized carbons (Fsp3) is 0.714. The second-order valence-corrected chi connectivity index (χ2v) is 5.97. The van der Waals surface area contributed by atoms with Crippen LogP contribution in [0.25, 0.3) is 0 Å². The molecule has 0 heterocycles. The monoisotopic (exact) mass is 346 g/mol. The average Bonchev–Trinajstić information content (AvgIpc) is 2.33. The van der Waals surface area contributed by atoms with Crippen LogP contribution >= 0.6 is 22.6 Å². The number of ether oxygens (including phenoxy) is 2. The maximum atomic E-state index is 5.55. The minimum absolute atomic E-state index is 0.0898. The van der Waals surface area contributed by atoms with Crippen LogP contribution in [0.4, 0.5) is 0 Å². The van der Waals surface area contributed by atoms with Gasteiger partial charge in [-0.15, -0.1) is 12.8 Å². The summed E-state index contributed by atoms with van der Waals surface area (Å²) in [5, 5.41) is 0. The zero-order valence-electron chi connectivity index (χ0n) is 10.1. The van der Waals surface area contributed by atoms with E-state index >= 15 is 0 Å². The minimum atomic E-state index is 0.0898. The second kappa shape index (κ2) is 7.97. The lowest BCUT2D eigenvalue weighted by Crippen LogP contribution is -2.43. The van der Waals surface area contributed by atoms with Crippen molar-refractivity contribution >= 4 is 22.6 Å². The van der Waals surface area contributed by atoms with E-state index in [1.54, 1.807) is 0 Å². The number of hydrogen-bond donors (Lipinski definition) is 0. The first-order chi connectivity index (χ1) is 8.25. The summed E-state index contributed by atoms with van der Waals surface area (Å²) in [4.78, 5) is 0. The Morgan fingerprint density at radius 3 is 2.18 bits per heavy atom. The molecule has 2 nitrogen and oxygen atoms in total. The van der Waals surface area contributed by atoms with Crippen molar-refractivity contribution in [1.29, 1.82) is 0 Å². The van der Waals surface area contributed by atoms with Gasteiger partial charge in [-0.2, -0.15) is 0 Å². The third-order valence-electron chi connectivity index (χ3n) is 3.20. The van der Waals surface area contributed by atoms with E-state index in [1.165, 1.54) is 19.3 Å². The number of halogens is 1. The second-order valence-electron chi connectivity index (χ2n) is 4.47. The molecule has 0 radical (unpaired) electrons. The van der Waals surface area contributed by atoms with Gasteiger partial charge in [0.15, 0.2) is 0 Å². The molecule has 0 aromatic rings. The number of alkyl halides is 1. The topological polar surface area (TPSA) is 18.5 Å². The van der Waals surface area contributed by atoms with Crippen LogP contribution in [-0.2, 0) is 9.47 Å². The van der Waals surface area contributed by atoms with Crippen LogP contribution in [-0.4, -0.2) is 30.4 Å². The molecule has 3 heteroatoms. The van der Waals surface area contributed by atoms with E-state index in [0.717, 1.165) is 6.42 Å². The highest BCUT2D eigenvalue weighted by Crippen LogP contribution is 2.41. The molecule has 1 saturated carbocycles. The van der Waals surface area contributed by atoms with Gasteiger partial charge < -0.3 is 9.47 Å². The molecule has 1 aliphatic carbocycles. The third kappa shape index (κ3) is 4.50. The van der Waals surface area contributed by atoms with Gasteiger partial charge in [0.2, 0.25) is 0 Å². The largest absolute Gasteiger partial charge is 0.368 e. The summed E-state index contributed by atoms with van der Waals surface area (Å²) in [6.07, 6.45) is 15.3. The summed E-state index contributed by atoms with van der Waals surface area (Å²) in [6.45, 7) is 2.10. The van der Waals surface area contributed by atoms with Gasteiger partial charge in [-0.1, -0.05) is 47.3 Å². The Kier molecular flexibility index (Phi) is 6.96. The van der Waals surface area contributed by atoms with Crippen LogP contribution in [0.15, 0.2) is 0 Å². The Morgan fingerprint density at radius 1 is 1.12 bits per heavy atom. The molecule has 94 valence electrons. The van der Waals surface area contributed by atoms with Gasteiger partial charge >= 0.3 is 0 Å². The first-order valence-corrected chi connectivity index (χ1v) is 7.16. The first-order valence-electron chi connectivity index (χ1n) is 5.91. The van der Waals surface area contributed by atoms with Gasteiger partial charge in [0.05, 0.1) is 13.2 Å². The van der Waals surface area contributed by atoms with Crippen molar-refractivity contribution in [2.24, 2.45) is 5.41 Å². The smallest absolute Gasteiger partial charge is 0.107 e. The lowest BCUT2D eigenvalue weighted by molar-refractivity contribution is -0.0207. The minimum Gasteiger partial charge on any atom is -0.368 e. The van der Waals surface area contributed by atoms with Crippen LogP contribution in [0, 0.1) is 30.1 Å². The van der Waals surface area contributed by atoms with Crippen LogP contribution in [0.1, 0.15) is 25.7 Å². The third-order valence-corrected chi connectivity index (χ3v) is 5.14. The van der Waals surface area contributed by atoms with Gasteiger partial charge in [-0.25, -0.2) is 0 Å². The summed E-state index contributed by atoms with van der Waals surface area (Å²) in [5.74, 6) is 5.02. The highest BCUT2D eigenvalue weighted by Gasteiger charge is 2.39. The Morgan fingerprint density at radius 2 is 1.71 bits per heavy atom. The summed E-state index contributed by atoms with van der Waals surface area (Å²) in [6, 6.07) is 0. The highest BCUT2D eigenvalue weighted by molar-refractivity contribution is 14.1. The van der Waals surface area contributed by atoms with E-state index in [-0.39, 0.29) is 5.41 Å². The standard InChI is InChI=1S/C14H19IO2/c1-3-9-16-11-14(12-17-10-4-2)8-6-5-7-13(14)15/h1-2,13H,5-12H2. The molecule has 0 N–H and O–H groups in total. The van der Waals surface area contributed by atoms with E-state index in [2.05, 4.69) is 34.4 Å². The van der Waals surface area contributed by atoms with Crippen molar-refractivity contribution in [3.05, 3.63) is 0 Å². The van der Waals surface area contributed by atoms with E-state index in [1.807, 2.05) is 0 Å². The van der Waals surface area contributed by atoms with Gasteiger partial charge in [-0.05, 0) is 12.8 Å². The summed E-state index contributed by atoms with van der Waals surface area (Å²) >= 11 is 2.51. The Bertz CT molecular complexity index is 280. The van der Waals surface area contributed by atoms with Crippen molar-refractivity contribution in [3.63, 3.8) is 0 Å². The van der Waals surface area contributed by atoms with Crippen molar-refractivity contribution in [2.75, 3.05) is 26.4 Å². The van der Waals surface area contributed by atoms with Crippen molar-refractivity contribution < 1.29 is 9.47 Å². The average molecular weight is 346 g/mol. The predicted molar refractivity (Wildman–Crippen MR) is 78.0 cm³/mol. The molecule has 1 rings (SSSR count).